The molecule has 1 saturated heterocycles. The summed E-state index contributed by atoms with van der Waals surface area (Å²) >= 11 is 3.46. The lowest BCUT2D eigenvalue weighted by molar-refractivity contribution is 0.115. The summed E-state index contributed by atoms with van der Waals surface area (Å²) in [5.74, 6) is 1.39. The van der Waals surface area contributed by atoms with Gasteiger partial charge in [-0.3, -0.25) is 9.80 Å². The van der Waals surface area contributed by atoms with Crippen LogP contribution >= 0.6 is 15.9 Å². The zero-order chi connectivity index (χ0) is 14.7. The minimum absolute atomic E-state index is 0.371. The first-order valence-electron chi connectivity index (χ1n) is 7.15. The van der Waals surface area contributed by atoms with Crippen LogP contribution < -0.4 is 0 Å². The molecule has 3 rings (SSSR count). The van der Waals surface area contributed by atoms with Crippen molar-refractivity contribution < 1.29 is 9.52 Å². The van der Waals surface area contributed by atoms with Crippen molar-refractivity contribution in [3.63, 3.8) is 0 Å². The number of hydrogen-bond donors (Lipinski definition) is 1. The summed E-state index contributed by atoms with van der Waals surface area (Å²) < 4.78 is 6.40. The van der Waals surface area contributed by atoms with Gasteiger partial charge >= 0.3 is 0 Å². The van der Waals surface area contributed by atoms with Crippen molar-refractivity contribution in [1.29, 1.82) is 0 Å². The molecular formula is C16H19BrN2O2. The van der Waals surface area contributed by atoms with Crippen LogP contribution in [0.5, 0.6) is 5.75 Å². The van der Waals surface area contributed by atoms with Crippen LogP contribution in [0.15, 0.2) is 45.5 Å². The fraction of sp³-hybridized carbons (Fsp3) is 0.375. The van der Waals surface area contributed by atoms with Gasteiger partial charge in [-0.05, 0) is 30.3 Å². The average Bonchev–Trinajstić information content (AvgIpc) is 2.98. The summed E-state index contributed by atoms with van der Waals surface area (Å²) in [6.45, 7) is 5.73. The summed E-state index contributed by atoms with van der Waals surface area (Å²) in [6.07, 6.45) is 1.72. The Bertz CT molecular complexity index is 578. The molecule has 0 amide bonds. The molecule has 5 heteroatoms. The van der Waals surface area contributed by atoms with E-state index in [1.807, 2.05) is 24.3 Å². The molecule has 1 aliphatic rings. The van der Waals surface area contributed by atoms with Crippen LogP contribution in [-0.4, -0.2) is 41.1 Å². The highest BCUT2D eigenvalue weighted by Crippen LogP contribution is 2.23. The molecule has 0 atom stereocenters. The van der Waals surface area contributed by atoms with E-state index in [0.29, 0.717) is 5.75 Å². The summed E-state index contributed by atoms with van der Waals surface area (Å²) in [5.41, 5.74) is 0.976. The van der Waals surface area contributed by atoms with Gasteiger partial charge in [0, 0.05) is 42.8 Å². The zero-order valence-corrected chi connectivity index (χ0v) is 13.4. The molecule has 2 aromatic rings. The first-order chi connectivity index (χ1) is 10.2. The molecule has 1 fully saturated rings. The zero-order valence-electron chi connectivity index (χ0n) is 11.8. The maximum absolute atomic E-state index is 9.92. The highest BCUT2D eigenvalue weighted by atomic mass is 79.9. The molecule has 1 aromatic heterocycles. The third kappa shape index (κ3) is 3.87. The Morgan fingerprint density at radius 1 is 1.05 bits per heavy atom. The van der Waals surface area contributed by atoms with Crippen LogP contribution in [0.1, 0.15) is 11.3 Å². The first-order valence-corrected chi connectivity index (χ1v) is 7.94. The lowest BCUT2D eigenvalue weighted by Crippen LogP contribution is -2.45. The highest BCUT2D eigenvalue weighted by Gasteiger charge is 2.18. The van der Waals surface area contributed by atoms with Gasteiger partial charge in [0.25, 0.3) is 0 Å². The first kappa shape index (κ1) is 14.6. The van der Waals surface area contributed by atoms with Gasteiger partial charge in [-0.25, -0.2) is 0 Å². The van der Waals surface area contributed by atoms with Crippen LogP contribution in [0.2, 0.25) is 0 Å². The Morgan fingerprint density at radius 3 is 2.43 bits per heavy atom. The summed E-state index contributed by atoms with van der Waals surface area (Å²) in [6, 6.07) is 9.55. The fourth-order valence-corrected chi connectivity index (χ4v) is 3.06. The monoisotopic (exact) mass is 350 g/mol. The van der Waals surface area contributed by atoms with Gasteiger partial charge in [-0.15, -0.1) is 0 Å². The summed E-state index contributed by atoms with van der Waals surface area (Å²) in [7, 11) is 0. The number of rotatable bonds is 4. The van der Waals surface area contributed by atoms with E-state index in [2.05, 4.69) is 25.7 Å². The average molecular weight is 351 g/mol. The highest BCUT2D eigenvalue weighted by molar-refractivity contribution is 9.10. The molecule has 0 spiro atoms. The maximum atomic E-state index is 9.92. The van der Waals surface area contributed by atoms with E-state index in [9.17, 15) is 5.11 Å². The number of halogens is 1. The number of benzene rings is 1. The van der Waals surface area contributed by atoms with Gasteiger partial charge in [-0.1, -0.05) is 15.9 Å². The van der Waals surface area contributed by atoms with Crippen molar-refractivity contribution in [3.05, 3.63) is 52.4 Å². The van der Waals surface area contributed by atoms with Crippen LogP contribution in [0.4, 0.5) is 0 Å². The number of hydrogen-bond acceptors (Lipinski definition) is 4. The van der Waals surface area contributed by atoms with Gasteiger partial charge in [0.05, 0.1) is 12.8 Å². The van der Waals surface area contributed by atoms with Crippen molar-refractivity contribution in [2.45, 2.75) is 13.1 Å². The second kappa shape index (κ2) is 6.64. The van der Waals surface area contributed by atoms with Crippen LogP contribution in [0, 0.1) is 0 Å². The van der Waals surface area contributed by atoms with Crippen molar-refractivity contribution in [3.8, 4) is 5.75 Å². The van der Waals surface area contributed by atoms with Gasteiger partial charge in [0.15, 0.2) is 0 Å². The lowest BCUT2D eigenvalue weighted by Gasteiger charge is -2.34. The molecule has 0 saturated carbocycles. The van der Waals surface area contributed by atoms with Gasteiger partial charge in [0.1, 0.15) is 11.5 Å². The Hall–Kier alpha value is -1.30. The molecule has 0 bridgehead atoms. The normalized spacial score (nSPS) is 17.2. The second-order valence-corrected chi connectivity index (χ2v) is 6.32. The number of piperazine rings is 1. The molecular weight excluding hydrogens is 332 g/mol. The molecule has 112 valence electrons. The minimum atomic E-state index is 0.371. The van der Waals surface area contributed by atoms with Gasteiger partial charge < -0.3 is 9.52 Å². The Labute approximate surface area is 133 Å². The van der Waals surface area contributed by atoms with Crippen molar-refractivity contribution >= 4 is 15.9 Å². The number of phenolic OH excluding ortho intramolecular Hbond substituents is 1. The summed E-state index contributed by atoms with van der Waals surface area (Å²) in [4.78, 5) is 4.77. The number of phenols is 1. The molecule has 4 nitrogen and oxygen atoms in total. The van der Waals surface area contributed by atoms with Crippen LogP contribution in [-0.2, 0) is 13.1 Å². The van der Waals surface area contributed by atoms with Crippen molar-refractivity contribution in [2.75, 3.05) is 26.2 Å². The SMILES string of the molecule is Oc1ccc(Br)cc1CN1CCN(Cc2ccco2)CC1. The minimum Gasteiger partial charge on any atom is -0.508 e. The third-order valence-electron chi connectivity index (χ3n) is 3.86. The molecule has 1 N–H and O–H groups in total. The fourth-order valence-electron chi connectivity index (χ4n) is 2.65. The Kier molecular flexibility index (Phi) is 4.63. The lowest BCUT2D eigenvalue weighted by atomic mass is 10.1. The number of nitrogens with zero attached hydrogens (tertiary/aromatic N) is 2. The van der Waals surface area contributed by atoms with E-state index < -0.39 is 0 Å². The van der Waals surface area contributed by atoms with Gasteiger partial charge in [-0.2, -0.15) is 0 Å². The Morgan fingerprint density at radius 2 is 1.76 bits per heavy atom. The molecule has 0 aliphatic carbocycles. The molecule has 2 heterocycles. The third-order valence-corrected chi connectivity index (χ3v) is 4.35. The molecule has 0 radical (unpaired) electrons. The predicted octanol–water partition coefficient (Wildman–Crippen LogP) is 3.07. The van der Waals surface area contributed by atoms with Crippen LogP contribution in [0.3, 0.4) is 0 Å². The second-order valence-electron chi connectivity index (χ2n) is 5.40. The van der Waals surface area contributed by atoms with E-state index in [-0.39, 0.29) is 0 Å². The smallest absolute Gasteiger partial charge is 0.120 e. The summed E-state index contributed by atoms with van der Waals surface area (Å²) in [5, 5.41) is 9.92. The standard InChI is InChI=1S/C16H19BrN2O2/c17-14-3-4-16(20)13(10-14)11-18-5-7-19(8-6-18)12-15-2-1-9-21-15/h1-4,9-10,20H,5-8,11-12H2. The predicted molar refractivity (Wildman–Crippen MR) is 85.1 cm³/mol. The van der Waals surface area contributed by atoms with Crippen molar-refractivity contribution in [2.24, 2.45) is 0 Å². The van der Waals surface area contributed by atoms with E-state index >= 15 is 0 Å². The van der Waals surface area contributed by atoms with E-state index in [1.165, 1.54) is 0 Å². The van der Waals surface area contributed by atoms with Crippen molar-refractivity contribution in [1.82, 2.24) is 9.80 Å². The van der Waals surface area contributed by atoms with E-state index in [4.69, 9.17) is 4.42 Å². The largest absolute Gasteiger partial charge is 0.508 e. The molecule has 1 aliphatic heterocycles. The topological polar surface area (TPSA) is 39.9 Å². The Balaban J connectivity index is 1.52. The van der Waals surface area contributed by atoms with Gasteiger partial charge in [0.2, 0.25) is 0 Å². The number of furan rings is 1. The quantitative estimate of drug-likeness (QED) is 0.919. The van der Waals surface area contributed by atoms with Crippen LogP contribution in [0.25, 0.3) is 0 Å². The van der Waals surface area contributed by atoms with E-state index in [0.717, 1.165) is 55.1 Å². The molecule has 0 unspecified atom stereocenters. The molecule has 1 aromatic carbocycles. The van der Waals surface area contributed by atoms with E-state index in [1.54, 1.807) is 12.3 Å². The number of aromatic hydroxyl groups is 1. The molecule has 21 heavy (non-hydrogen) atoms. The maximum Gasteiger partial charge on any atom is 0.120 e.